The monoisotopic (exact) mass is 489 g/mol. The summed E-state index contributed by atoms with van der Waals surface area (Å²) in [5.74, 6) is -0.372. The smallest absolute Gasteiger partial charge is 0.317 e. The summed E-state index contributed by atoms with van der Waals surface area (Å²) in [6, 6.07) is 12.8. The van der Waals surface area contributed by atoms with E-state index >= 15 is 4.39 Å². The van der Waals surface area contributed by atoms with Gasteiger partial charge in [0.15, 0.2) is 0 Å². The summed E-state index contributed by atoms with van der Waals surface area (Å²) in [7, 11) is -3.55. The molecule has 2 atom stereocenters. The highest BCUT2D eigenvalue weighted by molar-refractivity contribution is 7.88. The number of nitrogens with zero attached hydrogens (tertiary/aromatic N) is 1. The highest BCUT2D eigenvalue weighted by atomic mass is 32.2. The Kier molecular flexibility index (Phi) is 5.88. The van der Waals surface area contributed by atoms with E-state index in [1.807, 2.05) is 30.3 Å². The van der Waals surface area contributed by atoms with Gasteiger partial charge in [0.2, 0.25) is 10.0 Å². The highest BCUT2D eigenvalue weighted by Crippen LogP contribution is 2.55. The van der Waals surface area contributed by atoms with Crippen molar-refractivity contribution >= 4 is 16.1 Å². The lowest BCUT2D eigenvalue weighted by molar-refractivity contribution is 0.139. The molecule has 2 aromatic carbocycles. The van der Waals surface area contributed by atoms with Crippen LogP contribution in [0.3, 0.4) is 0 Å². The molecule has 1 heterocycles. The third-order valence-corrected chi connectivity index (χ3v) is 8.11. The minimum absolute atomic E-state index is 0.172. The number of carbonyl (C=O) groups excluding carboxylic acids is 1. The molecule has 182 valence electrons. The third-order valence-electron chi connectivity index (χ3n) is 7.42. The molecule has 2 aliphatic carbocycles. The van der Waals surface area contributed by atoms with Crippen LogP contribution in [0.15, 0.2) is 48.5 Å². The van der Waals surface area contributed by atoms with Crippen molar-refractivity contribution in [2.45, 2.75) is 56.4 Å². The van der Waals surface area contributed by atoms with Gasteiger partial charge in [0.25, 0.3) is 0 Å². The molecule has 1 saturated heterocycles. The van der Waals surface area contributed by atoms with Crippen LogP contribution in [0.25, 0.3) is 11.1 Å². The number of nitrogens with one attached hydrogen (secondary N) is 2. The van der Waals surface area contributed by atoms with E-state index in [2.05, 4.69) is 10.0 Å². The van der Waals surface area contributed by atoms with Crippen molar-refractivity contribution in [1.29, 1.82) is 0 Å². The van der Waals surface area contributed by atoms with E-state index in [0.29, 0.717) is 17.7 Å². The predicted octanol–water partition coefficient (Wildman–Crippen LogP) is 3.63. The molecule has 5 rings (SSSR count). The molecular weight excluding hydrogens is 460 g/mol. The van der Waals surface area contributed by atoms with Crippen molar-refractivity contribution in [3.63, 3.8) is 0 Å². The van der Waals surface area contributed by atoms with Crippen molar-refractivity contribution in [3.8, 4) is 11.1 Å². The number of amides is 2. The van der Waals surface area contributed by atoms with E-state index in [1.165, 1.54) is 0 Å². The molecule has 0 unspecified atom stereocenters. The van der Waals surface area contributed by atoms with Gasteiger partial charge in [-0.1, -0.05) is 48.5 Å². The highest BCUT2D eigenvalue weighted by Gasteiger charge is 2.61. The van der Waals surface area contributed by atoms with Crippen molar-refractivity contribution in [2.75, 3.05) is 12.8 Å². The number of hydrogen-bond donors (Lipinski definition) is 2. The van der Waals surface area contributed by atoms with Crippen LogP contribution in [0.5, 0.6) is 0 Å². The van der Waals surface area contributed by atoms with Gasteiger partial charge in [-0.05, 0) is 43.2 Å². The van der Waals surface area contributed by atoms with Crippen LogP contribution in [-0.4, -0.2) is 56.4 Å². The van der Waals surface area contributed by atoms with Crippen LogP contribution in [0, 0.1) is 11.2 Å². The van der Waals surface area contributed by atoms with Crippen molar-refractivity contribution < 1.29 is 22.0 Å². The van der Waals surface area contributed by atoms with E-state index in [4.69, 9.17) is 0 Å². The molecule has 6 nitrogen and oxygen atoms in total. The van der Waals surface area contributed by atoms with E-state index in [0.717, 1.165) is 24.7 Å². The largest absolute Gasteiger partial charge is 0.335 e. The minimum Gasteiger partial charge on any atom is -0.335 e. The van der Waals surface area contributed by atoms with E-state index in [-0.39, 0.29) is 42.6 Å². The fraction of sp³-hybridized carbons (Fsp3) is 0.480. The molecule has 2 amide bonds. The van der Waals surface area contributed by atoms with Crippen LogP contribution in [-0.2, 0) is 16.4 Å². The van der Waals surface area contributed by atoms with Gasteiger partial charge >= 0.3 is 6.03 Å². The van der Waals surface area contributed by atoms with Gasteiger partial charge in [-0.2, -0.15) is 0 Å². The zero-order chi connectivity index (χ0) is 24.1. The lowest BCUT2D eigenvalue weighted by atomic mass is 9.91. The molecule has 3 aliphatic rings. The maximum Gasteiger partial charge on any atom is 0.317 e. The van der Waals surface area contributed by atoms with Crippen LogP contribution in [0.4, 0.5) is 13.6 Å². The van der Waals surface area contributed by atoms with Crippen LogP contribution in [0.2, 0.25) is 0 Å². The van der Waals surface area contributed by atoms with Gasteiger partial charge in [-0.15, -0.1) is 0 Å². The Morgan fingerprint density at radius 1 is 1.12 bits per heavy atom. The first kappa shape index (κ1) is 23.2. The number of carbonyl (C=O) groups is 1. The zero-order valence-corrected chi connectivity index (χ0v) is 19.8. The molecular formula is C25H29F2N3O3S. The van der Waals surface area contributed by atoms with Crippen LogP contribution >= 0.6 is 0 Å². The average molecular weight is 490 g/mol. The number of urea groups is 1. The second kappa shape index (κ2) is 8.61. The Morgan fingerprint density at radius 2 is 1.82 bits per heavy atom. The predicted molar refractivity (Wildman–Crippen MR) is 126 cm³/mol. The molecule has 9 heteroatoms. The molecule has 0 radical (unpaired) electrons. The fourth-order valence-electron chi connectivity index (χ4n) is 5.38. The summed E-state index contributed by atoms with van der Waals surface area (Å²) in [5, 5.41) is 2.88. The fourth-order valence-corrected chi connectivity index (χ4v) is 6.25. The summed E-state index contributed by atoms with van der Waals surface area (Å²) in [5.41, 5.74) is 1.29. The average Bonchev–Trinajstić information content (AvgIpc) is 3.49. The number of hydrogen-bond acceptors (Lipinski definition) is 3. The van der Waals surface area contributed by atoms with Crippen molar-refractivity contribution in [3.05, 3.63) is 59.9 Å². The Balaban J connectivity index is 1.46. The van der Waals surface area contributed by atoms with Gasteiger partial charge in [0.05, 0.1) is 12.3 Å². The van der Waals surface area contributed by atoms with Gasteiger partial charge in [-0.25, -0.2) is 26.7 Å². The Bertz CT molecular complexity index is 1180. The maximum absolute atomic E-state index is 15.6. The molecule has 2 aromatic rings. The number of likely N-dealkylation sites (tertiary alicyclic amines) is 1. The number of benzene rings is 2. The lowest BCUT2D eigenvalue weighted by Gasteiger charge is -2.34. The Labute approximate surface area is 198 Å². The van der Waals surface area contributed by atoms with E-state index < -0.39 is 28.3 Å². The maximum atomic E-state index is 15.6. The summed E-state index contributed by atoms with van der Waals surface area (Å²) in [4.78, 5) is 14.8. The first-order valence-corrected chi connectivity index (χ1v) is 13.6. The van der Waals surface area contributed by atoms with Gasteiger partial charge < -0.3 is 10.2 Å². The zero-order valence-electron chi connectivity index (χ0n) is 19.0. The van der Waals surface area contributed by atoms with Gasteiger partial charge in [-0.3, -0.25) is 0 Å². The van der Waals surface area contributed by atoms with Crippen molar-refractivity contribution in [2.24, 2.45) is 5.41 Å². The lowest BCUT2D eigenvalue weighted by Crippen LogP contribution is -2.54. The summed E-state index contributed by atoms with van der Waals surface area (Å²) in [6.45, 7) is 0.391. The normalized spacial score (nSPS) is 27.4. The SMILES string of the molecule is CS(=O)(=O)N[C@@H]1[C@H](Cc2cccc(-c3ccccc3)c2F)N(C(=O)NC2CC(F)C2)CC12CC2. The third kappa shape index (κ3) is 4.55. The van der Waals surface area contributed by atoms with Crippen LogP contribution < -0.4 is 10.0 Å². The van der Waals surface area contributed by atoms with Crippen molar-refractivity contribution in [1.82, 2.24) is 14.9 Å². The molecule has 3 fully saturated rings. The number of alkyl halides is 1. The van der Waals surface area contributed by atoms with E-state index in [9.17, 15) is 17.6 Å². The molecule has 1 spiro atoms. The summed E-state index contributed by atoms with van der Waals surface area (Å²) < 4.78 is 56.1. The molecule has 0 bridgehead atoms. The van der Waals surface area contributed by atoms with Gasteiger partial charge in [0.1, 0.15) is 12.0 Å². The molecule has 34 heavy (non-hydrogen) atoms. The quantitative estimate of drug-likeness (QED) is 0.651. The Hall–Kier alpha value is -2.52. The Morgan fingerprint density at radius 3 is 2.44 bits per heavy atom. The first-order valence-electron chi connectivity index (χ1n) is 11.7. The standard InChI is InChI=1S/C25H29F2N3O3S/c1-34(32,33)29-23-21(12-17-8-5-9-20(22(17)27)16-6-3-2-4-7-16)30(15-25(23)10-11-25)24(31)28-19-13-18(26)14-19/h2-9,18-19,21,23,29H,10-15H2,1H3,(H,28,31)/t18?,19?,21-,23+/m0/s1. The second-order valence-corrected chi connectivity index (χ2v) is 11.8. The number of halogens is 2. The van der Waals surface area contributed by atoms with E-state index in [1.54, 1.807) is 23.1 Å². The first-order chi connectivity index (χ1) is 16.2. The summed E-state index contributed by atoms with van der Waals surface area (Å²) >= 11 is 0. The molecule has 0 aromatic heterocycles. The molecule has 2 N–H and O–H groups in total. The second-order valence-electron chi connectivity index (χ2n) is 9.99. The van der Waals surface area contributed by atoms with Gasteiger partial charge in [0, 0.05) is 29.6 Å². The molecule has 2 saturated carbocycles. The topological polar surface area (TPSA) is 78.5 Å². The number of sulfonamides is 1. The minimum atomic E-state index is -3.55. The number of rotatable bonds is 6. The van der Waals surface area contributed by atoms with Crippen LogP contribution in [0.1, 0.15) is 31.2 Å². The molecule has 1 aliphatic heterocycles. The summed E-state index contributed by atoms with van der Waals surface area (Å²) in [6.07, 6.45) is 2.54.